The predicted molar refractivity (Wildman–Crippen MR) is 5.61 cm³/mol. The second-order valence-electron chi connectivity index (χ2n) is 0.0674. The molecule has 0 aromatic heterocycles. The van der Waals surface area contributed by atoms with Gasteiger partial charge < -0.3 is 0 Å². The Labute approximate surface area is 43.7 Å². The molecule has 0 aliphatic rings. The van der Waals surface area contributed by atoms with Gasteiger partial charge in [-0.1, -0.05) is 0 Å². The summed E-state index contributed by atoms with van der Waals surface area (Å²) < 4.78 is 0. The standard InChI is InChI=1S/CN.Cu.Fe/c1-2;;. The van der Waals surface area contributed by atoms with Crippen LogP contribution < -0.4 is 0 Å². The third-order valence-corrected chi connectivity index (χ3v) is 0. The fourth-order valence-electron chi connectivity index (χ4n) is 0. The molecule has 0 N–H and O–H groups in total. The van der Waals surface area contributed by atoms with Crippen LogP contribution in [0.15, 0.2) is 0 Å². The molecule has 0 radical (unpaired) electrons. The van der Waals surface area contributed by atoms with Gasteiger partial charge in [-0.25, -0.2) is 0 Å². The Morgan fingerprint density at radius 1 is 1.75 bits per heavy atom. The third kappa shape index (κ3) is 21.1. The van der Waals surface area contributed by atoms with Gasteiger partial charge in [-0.15, -0.1) is 0 Å². The van der Waals surface area contributed by atoms with Crippen molar-refractivity contribution in [1.29, 1.82) is 5.26 Å². The molecule has 0 fully saturated rings. The molecule has 0 amide bonds. The van der Waals surface area contributed by atoms with Crippen LogP contribution in [0.2, 0.25) is 0 Å². The summed E-state index contributed by atoms with van der Waals surface area (Å²) in [7, 11) is 0. The summed E-state index contributed by atoms with van der Waals surface area (Å²) in [6.45, 7) is 0. The van der Waals surface area contributed by atoms with Crippen molar-refractivity contribution in [3.05, 3.63) is 0 Å². The van der Waals surface area contributed by atoms with Crippen LogP contribution in [0, 0.1) is 10.2 Å². The normalized spacial score (nSPS) is 2.25. The van der Waals surface area contributed by atoms with Crippen molar-refractivity contribution in [2.45, 2.75) is 0 Å². The molecule has 0 aliphatic heterocycles. The number of hydrogen-bond acceptors (Lipinski definition) is 1. The first-order chi connectivity index (χ1) is 1.41. The maximum atomic E-state index is 7.12. The molecule has 0 bridgehead atoms. The molecule has 0 saturated heterocycles. The van der Waals surface area contributed by atoms with E-state index in [9.17, 15) is 0 Å². The Kier molecular flexibility index (Phi) is 21.3. The second kappa shape index (κ2) is 9.65. The monoisotopic (exact) mass is 145 g/mol. The maximum absolute atomic E-state index is 7.12. The Hall–Kier alpha value is 0.529. The van der Waals surface area contributed by atoms with Gasteiger partial charge in [0.15, 0.2) is 0 Å². The van der Waals surface area contributed by atoms with E-state index in [1.165, 1.54) is 4.97 Å². The molecule has 0 saturated carbocycles. The number of nitrogens with zero attached hydrogens (tertiary/aromatic N) is 1. The molecular formula is CCuFeN. The average molecular weight is 145 g/mol. The predicted octanol–water partition coefficient (Wildman–Crippen LogP) is 0.0118. The first-order valence-corrected chi connectivity index (χ1v) is 0.845. The topological polar surface area (TPSA) is 23.8 Å². The summed E-state index contributed by atoms with van der Waals surface area (Å²) in [5.74, 6) is 0. The van der Waals surface area contributed by atoms with E-state index in [0.717, 1.165) is 0 Å². The second-order valence-corrected chi connectivity index (χ2v) is 0.278. The average Bonchev–Trinajstić information content (AvgIpc) is 0.918. The summed E-state index contributed by atoms with van der Waals surface area (Å²) in [5, 5.41) is 7.12. The van der Waals surface area contributed by atoms with Gasteiger partial charge in [0.1, 0.15) is 0 Å². The first kappa shape index (κ1) is 8.82. The van der Waals surface area contributed by atoms with Gasteiger partial charge in [0.25, 0.3) is 0 Å². The van der Waals surface area contributed by atoms with Crippen LogP contribution in [0.1, 0.15) is 0 Å². The number of nitriles is 1. The minimum absolute atomic E-state index is 0. The molecule has 28 valence electrons. The largest absolute Gasteiger partial charge is 0 e. The fourth-order valence-corrected chi connectivity index (χ4v) is 0. The van der Waals surface area contributed by atoms with Crippen molar-refractivity contribution in [2.24, 2.45) is 0 Å². The van der Waals surface area contributed by atoms with Gasteiger partial charge in [0, 0.05) is 17.1 Å². The van der Waals surface area contributed by atoms with Gasteiger partial charge in [0.2, 0.25) is 0 Å². The molecule has 0 heterocycles. The van der Waals surface area contributed by atoms with Crippen molar-refractivity contribution in [2.75, 3.05) is 0 Å². The molecule has 0 spiro atoms. The van der Waals surface area contributed by atoms with E-state index in [1.807, 2.05) is 0 Å². The zero-order chi connectivity index (χ0) is 2.71. The zero-order valence-electron chi connectivity index (χ0n) is 1.60. The SMILES string of the molecule is N#[C][Cu].[Fe]. The molecular weight excluding hydrogens is 145 g/mol. The minimum atomic E-state index is 0. The molecule has 0 rings (SSSR count). The molecule has 1 nitrogen and oxygen atoms in total. The summed E-state index contributed by atoms with van der Waals surface area (Å²) in [6, 6.07) is 0. The Morgan fingerprint density at radius 2 is 1.75 bits per heavy atom. The van der Waals surface area contributed by atoms with Crippen LogP contribution in [-0.2, 0) is 33.1 Å². The van der Waals surface area contributed by atoms with Crippen molar-refractivity contribution in [3.8, 4) is 4.97 Å². The van der Waals surface area contributed by atoms with Crippen molar-refractivity contribution < 1.29 is 33.1 Å². The number of hydrogen-bond donors (Lipinski definition) is 0. The molecule has 4 heavy (non-hydrogen) atoms. The van der Waals surface area contributed by atoms with Gasteiger partial charge >= 0.3 is 26.2 Å². The van der Waals surface area contributed by atoms with Gasteiger partial charge in [-0.3, -0.25) is 0 Å². The van der Waals surface area contributed by atoms with Crippen LogP contribution in [0.25, 0.3) is 0 Å². The van der Waals surface area contributed by atoms with E-state index in [4.69, 9.17) is 5.26 Å². The van der Waals surface area contributed by atoms with Crippen LogP contribution in [-0.4, -0.2) is 0 Å². The Morgan fingerprint density at radius 3 is 1.75 bits per heavy atom. The summed E-state index contributed by atoms with van der Waals surface area (Å²) in [5.41, 5.74) is 0. The molecule has 0 aromatic carbocycles. The van der Waals surface area contributed by atoms with Crippen LogP contribution in [0.4, 0.5) is 0 Å². The van der Waals surface area contributed by atoms with Gasteiger partial charge in [-0.05, 0) is 0 Å². The summed E-state index contributed by atoms with van der Waals surface area (Å²) in [4.78, 5) is 1.31. The fraction of sp³-hybridized carbons (Fsp3) is 0. The van der Waals surface area contributed by atoms with Crippen LogP contribution in [0.3, 0.4) is 0 Å². The molecule has 0 aliphatic carbocycles. The van der Waals surface area contributed by atoms with Crippen molar-refractivity contribution in [1.82, 2.24) is 0 Å². The third-order valence-electron chi connectivity index (χ3n) is 0. The number of rotatable bonds is 0. The molecule has 3 heteroatoms. The van der Waals surface area contributed by atoms with Crippen molar-refractivity contribution in [3.63, 3.8) is 0 Å². The van der Waals surface area contributed by atoms with E-state index >= 15 is 0 Å². The Bertz CT molecular complexity index is 29.5. The summed E-state index contributed by atoms with van der Waals surface area (Å²) in [6.07, 6.45) is 0. The van der Waals surface area contributed by atoms with E-state index < -0.39 is 0 Å². The van der Waals surface area contributed by atoms with Gasteiger partial charge in [0.05, 0.1) is 0 Å². The minimum Gasteiger partial charge on any atom is 0 e. The molecule has 0 atom stereocenters. The molecule has 0 unspecified atom stereocenters. The van der Waals surface area contributed by atoms with E-state index in [2.05, 4.69) is 16.0 Å². The quantitative estimate of drug-likeness (QED) is 0.441. The van der Waals surface area contributed by atoms with Gasteiger partial charge in [-0.2, -0.15) is 0 Å². The van der Waals surface area contributed by atoms with E-state index in [-0.39, 0.29) is 17.1 Å². The van der Waals surface area contributed by atoms with E-state index in [0.29, 0.717) is 0 Å². The van der Waals surface area contributed by atoms with E-state index in [1.54, 1.807) is 0 Å². The molecule has 0 aromatic rings. The Balaban J connectivity index is 0. The van der Waals surface area contributed by atoms with Crippen LogP contribution >= 0.6 is 0 Å². The first-order valence-electron chi connectivity index (χ1n) is 0.374. The summed E-state index contributed by atoms with van der Waals surface area (Å²) >= 11 is 3.81. The maximum Gasteiger partial charge on any atom is 0 e. The van der Waals surface area contributed by atoms with Crippen LogP contribution in [0.5, 0.6) is 0 Å². The zero-order valence-corrected chi connectivity index (χ0v) is 3.65. The smallest absolute Gasteiger partial charge is 0 e. The van der Waals surface area contributed by atoms with Crippen molar-refractivity contribution >= 4 is 0 Å².